The maximum absolute atomic E-state index is 3.98. The standard InChI is InChI=1S/C11H19N3/c1-4-11(9(2)3)14-7-10-5-12-8-13-6-10/h5-6,8-9,11,14H,4,7H2,1-3H3. The Labute approximate surface area is 86.0 Å². The molecule has 14 heavy (non-hydrogen) atoms. The van der Waals surface area contributed by atoms with Gasteiger partial charge in [-0.25, -0.2) is 9.97 Å². The van der Waals surface area contributed by atoms with Crippen molar-refractivity contribution >= 4 is 0 Å². The number of aromatic nitrogens is 2. The molecule has 3 nitrogen and oxygen atoms in total. The highest BCUT2D eigenvalue weighted by atomic mass is 14.9. The number of nitrogens with one attached hydrogen (secondary N) is 1. The predicted molar refractivity (Wildman–Crippen MR) is 57.8 cm³/mol. The molecule has 3 heteroatoms. The topological polar surface area (TPSA) is 37.8 Å². The van der Waals surface area contributed by atoms with Gasteiger partial charge in [-0.1, -0.05) is 20.8 Å². The minimum absolute atomic E-state index is 0.579. The van der Waals surface area contributed by atoms with Gasteiger partial charge in [0.1, 0.15) is 6.33 Å². The first-order valence-corrected chi connectivity index (χ1v) is 5.21. The van der Waals surface area contributed by atoms with E-state index in [4.69, 9.17) is 0 Å². The molecule has 1 atom stereocenters. The molecule has 0 saturated heterocycles. The highest BCUT2D eigenvalue weighted by Crippen LogP contribution is 2.06. The molecule has 1 N–H and O–H groups in total. The number of rotatable bonds is 5. The minimum Gasteiger partial charge on any atom is -0.310 e. The van der Waals surface area contributed by atoms with Crippen LogP contribution >= 0.6 is 0 Å². The highest BCUT2D eigenvalue weighted by Gasteiger charge is 2.09. The Balaban J connectivity index is 2.40. The van der Waals surface area contributed by atoms with Gasteiger partial charge in [0.2, 0.25) is 0 Å². The smallest absolute Gasteiger partial charge is 0.115 e. The van der Waals surface area contributed by atoms with Crippen molar-refractivity contribution < 1.29 is 0 Å². The largest absolute Gasteiger partial charge is 0.310 e. The summed E-state index contributed by atoms with van der Waals surface area (Å²) < 4.78 is 0. The molecule has 78 valence electrons. The zero-order chi connectivity index (χ0) is 10.4. The van der Waals surface area contributed by atoms with E-state index >= 15 is 0 Å². The fraction of sp³-hybridized carbons (Fsp3) is 0.636. The molecule has 0 aromatic carbocycles. The van der Waals surface area contributed by atoms with Gasteiger partial charge in [-0.05, 0) is 12.3 Å². The van der Waals surface area contributed by atoms with Crippen molar-refractivity contribution in [1.29, 1.82) is 0 Å². The Morgan fingerprint density at radius 2 is 1.93 bits per heavy atom. The van der Waals surface area contributed by atoms with Crippen LogP contribution in [0.1, 0.15) is 32.8 Å². The van der Waals surface area contributed by atoms with Gasteiger partial charge in [0.25, 0.3) is 0 Å². The Morgan fingerprint density at radius 3 is 2.43 bits per heavy atom. The zero-order valence-corrected chi connectivity index (χ0v) is 9.20. The van der Waals surface area contributed by atoms with Crippen LogP contribution in [-0.2, 0) is 6.54 Å². The molecule has 0 bridgehead atoms. The molecule has 1 rings (SSSR count). The van der Waals surface area contributed by atoms with Crippen LogP contribution in [0, 0.1) is 5.92 Å². The van der Waals surface area contributed by atoms with Crippen molar-refractivity contribution in [3.63, 3.8) is 0 Å². The lowest BCUT2D eigenvalue weighted by Gasteiger charge is -2.20. The molecule has 0 aliphatic heterocycles. The normalized spacial score (nSPS) is 13.1. The summed E-state index contributed by atoms with van der Waals surface area (Å²) in [5, 5.41) is 3.51. The summed E-state index contributed by atoms with van der Waals surface area (Å²) in [4.78, 5) is 7.96. The van der Waals surface area contributed by atoms with E-state index in [9.17, 15) is 0 Å². The monoisotopic (exact) mass is 193 g/mol. The quantitative estimate of drug-likeness (QED) is 0.777. The van der Waals surface area contributed by atoms with Gasteiger partial charge in [0, 0.05) is 30.5 Å². The van der Waals surface area contributed by atoms with Crippen LogP contribution in [0.2, 0.25) is 0 Å². The van der Waals surface area contributed by atoms with Crippen LogP contribution in [-0.4, -0.2) is 16.0 Å². The maximum atomic E-state index is 3.98. The van der Waals surface area contributed by atoms with E-state index in [1.807, 2.05) is 12.4 Å². The van der Waals surface area contributed by atoms with Gasteiger partial charge in [-0.3, -0.25) is 0 Å². The zero-order valence-electron chi connectivity index (χ0n) is 9.20. The molecular weight excluding hydrogens is 174 g/mol. The summed E-state index contributed by atoms with van der Waals surface area (Å²) in [6.45, 7) is 7.54. The van der Waals surface area contributed by atoms with Crippen molar-refractivity contribution in [2.24, 2.45) is 5.92 Å². The van der Waals surface area contributed by atoms with Crippen molar-refractivity contribution in [1.82, 2.24) is 15.3 Å². The molecule has 1 heterocycles. The van der Waals surface area contributed by atoms with Crippen LogP contribution in [0.25, 0.3) is 0 Å². The molecule has 0 aliphatic rings. The van der Waals surface area contributed by atoms with Crippen molar-refractivity contribution in [2.45, 2.75) is 39.8 Å². The van der Waals surface area contributed by atoms with Gasteiger partial charge in [0.15, 0.2) is 0 Å². The average molecular weight is 193 g/mol. The molecular formula is C11H19N3. The second-order valence-electron chi connectivity index (χ2n) is 3.89. The Morgan fingerprint density at radius 1 is 1.29 bits per heavy atom. The van der Waals surface area contributed by atoms with Gasteiger partial charge >= 0.3 is 0 Å². The molecule has 1 aromatic rings. The fourth-order valence-electron chi connectivity index (χ4n) is 1.52. The first-order valence-electron chi connectivity index (χ1n) is 5.21. The average Bonchev–Trinajstić information content (AvgIpc) is 2.20. The van der Waals surface area contributed by atoms with Gasteiger partial charge in [-0.15, -0.1) is 0 Å². The van der Waals surface area contributed by atoms with Crippen molar-refractivity contribution in [2.75, 3.05) is 0 Å². The molecule has 0 saturated carbocycles. The Bertz CT molecular complexity index is 246. The number of hydrogen-bond acceptors (Lipinski definition) is 3. The summed E-state index contributed by atoms with van der Waals surface area (Å²) in [6.07, 6.45) is 6.43. The third kappa shape index (κ3) is 3.42. The molecule has 1 aromatic heterocycles. The maximum Gasteiger partial charge on any atom is 0.115 e. The first kappa shape index (κ1) is 11.1. The lowest BCUT2D eigenvalue weighted by atomic mass is 10.0. The molecule has 0 aliphatic carbocycles. The van der Waals surface area contributed by atoms with Gasteiger partial charge < -0.3 is 5.32 Å². The molecule has 1 unspecified atom stereocenters. The summed E-state index contributed by atoms with van der Waals surface area (Å²) in [5.74, 6) is 0.671. The van der Waals surface area contributed by atoms with Gasteiger partial charge in [0.05, 0.1) is 0 Å². The van der Waals surface area contributed by atoms with Crippen molar-refractivity contribution in [3.05, 3.63) is 24.3 Å². The van der Waals surface area contributed by atoms with Crippen LogP contribution < -0.4 is 5.32 Å². The Hall–Kier alpha value is -0.960. The van der Waals surface area contributed by atoms with E-state index in [1.54, 1.807) is 6.33 Å². The number of hydrogen-bond donors (Lipinski definition) is 1. The van der Waals surface area contributed by atoms with E-state index in [2.05, 4.69) is 36.1 Å². The lowest BCUT2D eigenvalue weighted by Crippen LogP contribution is -2.32. The third-order valence-electron chi connectivity index (χ3n) is 2.43. The summed E-state index contributed by atoms with van der Waals surface area (Å²) in [5.41, 5.74) is 1.14. The van der Waals surface area contributed by atoms with Crippen LogP contribution in [0.5, 0.6) is 0 Å². The summed E-state index contributed by atoms with van der Waals surface area (Å²) in [6, 6.07) is 0.579. The van der Waals surface area contributed by atoms with E-state index < -0.39 is 0 Å². The van der Waals surface area contributed by atoms with E-state index in [1.165, 1.54) is 0 Å². The molecule has 0 fully saturated rings. The van der Waals surface area contributed by atoms with E-state index in [-0.39, 0.29) is 0 Å². The fourth-order valence-corrected chi connectivity index (χ4v) is 1.52. The van der Waals surface area contributed by atoms with Crippen LogP contribution in [0.3, 0.4) is 0 Å². The summed E-state index contributed by atoms with van der Waals surface area (Å²) >= 11 is 0. The molecule has 0 spiro atoms. The molecule has 0 amide bonds. The summed E-state index contributed by atoms with van der Waals surface area (Å²) in [7, 11) is 0. The van der Waals surface area contributed by atoms with Crippen LogP contribution in [0.15, 0.2) is 18.7 Å². The molecule has 0 radical (unpaired) electrons. The lowest BCUT2D eigenvalue weighted by molar-refractivity contribution is 0.387. The second-order valence-corrected chi connectivity index (χ2v) is 3.89. The third-order valence-corrected chi connectivity index (χ3v) is 2.43. The van der Waals surface area contributed by atoms with E-state index in [0.717, 1.165) is 18.5 Å². The highest BCUT2D eigenvalue weighted by molar-refractivity contribution is 5.01. The Kier molecular flexibility index (Phi) is 4.53. The number of nitrogens with zero attached hydrogens (tertiary/aromatic N) is 2. The second kappa shape index (κ2) is 5.70. The van der Waals surface area contributed by atoms with Crippen LogP contribution in [0.4, 0.5) is 0 Å². The van der Waals surface area contributed by atoms with Crippen molar-refractivity contribution in [3.8, 4) is 0 Å². The predicted octanol–water partition coefficient (Wildman–Crippen LogP) is 2.00. The van der Waals surface area contributed by atoms with Gasteiger partial charge in [-0.2, -0.15) is 0 Å². The first-order chi connectivity index (χ1) is 6.74. The minimum atomic E-state index is 0.579. The SMILES string of the molecule is CCC(NCc1cncnc1)C(C)C. The van der Waals surface area contributed by atoms with E-state index in [0.29, 0.717) is 12.0 Å².